The van der Waals surface area contributed by atoms with Crippen molar-refractivity contribution < 1.29 is 8.78 Å². The van der Waals surface area contributed by atoms with Gasteiger partial charge in [-0.3, -0.25) is 0 Å². The molecule has 1 unspecified atom stereocenters. The number of halogens is 3. The molecule has 0 fully saturated rings. The smallest absolute Gasteiger partial charge is 0.123 e. The highest BCUT2D eigenvalue weighted by Crippen LogP contribution is 2.29. The lowest BCUT2D eigenvalue weighted by atomic mass is 9.95. The van der Waals surface area contributed by atoms with Gasteiger partial charge in [-0.2, -0.15) is 0 Å². The maximum Gasteiger partial charge on any atom is 0.123 e. The minimum absolute atomic E-state index is 0.349. The second-order valence-corrected chi connectivity index (χ2v) is 5.00. The lowest BCUT2D eigenvalue weighted by Crippen LogP contribution is -2.14. The SMILES string of the molecule is Cc1ccc(F)cc1C(N)c1cc(F)ccc1Br. The Morgan fingerprint density at radius 3 is 2.22 bits per heavy atom. The van der Waals surface area contributed by atoms with Gasteiger partial charge in [-0.05, 0) is 53.9 Å². The standard InChI is InChI=1S/C14H12BrF2N/c1-8-2-3-9(16)6-11(8)14(18)12-7-10(17)4-5-13(12)15/h2-7,14H,18H2,1H3. The predicted octanol–water partition coefficient (Wildman–Crippen LogP) is 4.08. The van der Waals surface area contributed by atoms with Gasteiger partial charge in [0.15, 0.2) is 0 Å². The summed E-state index contributed by atoms with van der Waals surface area (Å²) in [6.45, 7) is 1.85. The minimum Gasteiger partial charge on any atom is -0.320 e. The average molecular weight is 312 g/mol. The summed E-state index contributed by atoms with van der Waals surface area (Å²) in [5.41, 5.74) is 8.22. The van der Waals surface area contributed by atoms with Crippen LogP contribution in [-0.2, 0) is 0 Å². The molecule has 0 spiro atoms. The van der Waals surface area contributed by atoms with E-state index < -0.39 is 6.04 Å². The van der Waals surface area contributed by atoms with Crippen molar-refractivity contribution in [2.24, 2.45) is 5.73 Å². The van der Waals surface area contributed by atoms with Crippen LogP contribution in [0.4, 0.5) is 8.78 Å². The molecule has 2 N–H and O–H groups in total. The lowest BCUT2D eigenvalue weighted by Gasteiger charge is -2.17. The summed E-state index contributed by atoms with van der Waals surface area (Å²) in [5.74, 6) is -0.712. The van der Waals surface area contributed by atoms with Gasteiger partial charge in [-0.25, -0.2) is 8.78 Å². The summed E-state index contributed by atoms with van der Waals surface area (Å²) in [4.78, 5) is 0. The van der Waals surface area contributed by atoms with Crippen LogP contribution in [0, 0.1) is 18.6 Å². The van der Waals surface area contributed by atoms with E-state index in [4.69, 9.17) is 5.73 Å². The molecule has 0 heterocycles. The van der Waals surface area contributed by atoms with Crippen LogP contribution in [0.5, 0.6) is 0 Å². The molecule has 4 heteroatoms. The highest BCUT2D eigenvalue weighted by Gasteiger charge is 2.15. The molecule has 94 valence electrons. The summed E-state index contributed by atoms with van der Waals surface area (Å²) < 4.78 is 27.2. The second-order valence-electron chi connectivity index (χ2n) is 4.14. The molecule has 2 rings (SSSR count). The first-order valence-corrected chi connectivity index (χ1v) is 6.25. The Kier molecular flexibility index (Phi) is 3.78. The molecule has 0 aliphatic heterocycles. The molecule has 0 radical (unpaired) electrons. The molecule has 1 nitrogen and oxygen atoms in total. The van der Waals surface area contributed by atoms with Crippen LogP contribution in [0.15, 0.2) is 40.9 Å². The first kappa shape index (κ1) is 13.2. The van der Waals surface area contributed by atoms with Crippen LogP contribution in [0.25, 0.3) is 0 Å². The molecule has 2 aromatic carbocycles. The van der Waals surface area contributed by atoms with Crippen molar-refractivity contribution >= 4 is 15.9 Å². The van der Waals surface area contributed by atoms with Crippen molar-refractivity contribution in [1.29, 1.82) is 0 Å². The highest BCUT2D eigenvalue weighted by molar-refractivity contribution is 9.10. The van der Waals surface area contributed by atoms with E-state index in [0.717, 1.165) is 5.56 Å². The van der Waals surface area contributed by atoms with Crippen LogP contribution < -0.4 is 5.73 Å². The van der Waals surface area contributed by atoms with E-state index >= 15 is 0 Å². The first-order chi connectivity index (χ1) is 8.49. The van der Waals surface area contributed by atoms with Crippen LogP contribution in [0.2, 0.25) is 0 Å². The van der Waals surface area contributed by atoms with Crippen molar-refractivity contribution in [2.45, 2.75) is 13.0 Å². The van der Waals surface area contributed by atoms with E-state index in [1.807, 2.05) is 6.92 Å². The van der Waals surface area contributed by atoms with Gasteiger partial charge in [0.1, 0.15) is 11.6 Å². The molecular formula is C14H12BrF2N. The predicted molar refractivity (Wildman–Crippen MR) is 71.3 cm³/mol. The molecule has 0 amide bonds. The maximum absolute atomic E-state index is 13.3. The fourth-order valence-electron chi connectivity index (χ4n) is 1.87. The third-order valence-electron chi connectivity index (χ3n) is 2.87. The molecule has 0 saturated carbocycles. The van der Waals surface area contributed by atoms with E-state index in [0.29, 0.717) is 15.6 Å². The van der Waals surface area contributed by atoms with E-state index in [2.05, 4.69) is 15.9 Å². The number of benzene rings is 2. The van der Waals surface area contributed by atoms with E-state index in [1.165, 1.54) is 24.3 Å². The van der Waals surface area contributed by atoms with Crippen molar-refractivity contribution in [2.75, 3.05) is 0 Å². The molecule has 1 atom stereocenters. The normalized spacial score (nSPS) is 12.5. The van der Waals surface area contributed by atoms with Crippen LogP contribution in [-0.4, -0.2) is 0 Å². The topological polar surface area (TPSA) is 26.0 Å². The Morgan fingerprint density at radius 2 is 1.56 bits per heavy atom. The van der Waals surface area contributed by atoms with Gasteiger partial charge in [0, 0.05) is 4.47 Å². The number of aryl methyl sites for hydroxylation is 1. The van der Waals surface area contributed by atoms with Gasteiger partial charge in [0.05, 0.1) is 6.04 Å². The van der Waals surface area contributed by atoms with E-state index in [1.54, 1.807) is 12.1 Å². The monoisotopic (exact) mass is 311 g/mol. The summed E-state index contributed by atoms with van der Waals surface area (Å²) in [6.07, 6.45) is 0. The van der Waals surface area contributed by atoms with Gasteiger partial charge in [-0.1, -0.05) is 22.0 Å². The molecule has 0 aliphatic carbocycles. The Balaban J connectivity index is 2.50. The van der Waals surface area contributed by atoms with Gasteiger partial charge < -0.3 is 5.73 Å². The lowest BCUT2D eigenvalue weighted by molar-refractivity contribution is 0.618. The van der Waals surface area contributed by atoms with Crippen molar-refractivity contribution in [3.8, 4) is 0 Å². The number of hydrogen-bond donors (Lipinski definition) is 1. The first-order valence-electron chi connectivity index (χ1n) is 5.45. The second kappa shape index (κ2) is 5.16. The average Bonchev–Trinajstić information content (AvgIpc) is 2.34. The number of hydrogen-bond acceptors (Lipinski definition) is 1. The van der Waals surface area contributed by atoms with Crippen LogP contribution >= 0.6 is 15.9 Å². The number of nitrogens with two attached hydrogens (primary N) is 1. The Hall–Kier alpha value is -1.26. The third-order valence-corrected chi connectivity index (χ3v) is 3.59. The summed E-state index contributed by atoms with van der Waals surface area (Å²) >= 11 is 3.33. The zero-order valence-corrected chi connectivity index (χ0v) is 11.3. The summed E-state index contributed by atoms with van der Waals surface area (Å²) in [5, 5.41) is 0. The van der Waals surface area contributed by atoms with Gasteiger partial charge in [0.2, 0.25) is 0 Å². The van der Waals surface area contributed by atoms with Gasteiger partial charge >= 0.3 is 0 Å². The largest absolute Gasteiger partial charge is 0.320 e. The van der Waals surface area contributed by atoms with E-state index in [9.17, 15) is 8.78 Å². The van der Waals surface area contributed by atoms with Crippen LogP contribution in [0.3, 0.4) is 0 Å². The molecule has 0 bridgehead atoms. The summed E-state index contributed by atoms with van der Waals surface area (Å²) in [7, 11) is 0. The fraction of sp³-hybridized carbons (Fsp3) is 0.143. The quantitative estimate of drug-likeness (QED) is 0.888. The summed E-state index contributed by atoms with van der Waals surface area (Å²) in [6, 6.07) is 8.17. The van der Waals surface area contributed by atoms with E-state index in [-0.39, 0.29) is 11.6 Å². The number of rotatable bonds is 2. The molecule has 0 aliphatic rings. The van der Waals surface area contributed by atoms with Gasteiger partial charge in [-0.15, -0.1) is 0 Å². The Morgan fingerprint density at radius 1 is 1.00 bits per heavy atom. The van der Waals surface area contributed by atoms with Crippen molar-refractivity contribution in [3.63, 3.8) is 0 Å². The van der Waals surface area contributed by atoms with Crippen molar-refractivity contribution in [1.82, 2.24) is 0 Å². The van der Waals surface area contributed by atoms with Crippen molar-refractivity contribution in [3.05, 3.63) is 69.2 Å². The molecular weight excluding hydrogens is 300 g/mol. The molecule has 0 saturated heterocycles. The zero-order valence-electron chi connectivity index (χ0n) is 9.75. The molecule has 2 aromatic rings. The maximum atomic E-state index is 13.3. The fourth-order valence-corrected chi connectivity index (χ4v) is 2.36. The third kappa shape index (κ3) is 2.60. The molecule has 0 aromatic heterocycles. The van der Waals surface area contributed by atoms with Gasteiger partial charge in [0.25, 0.3) is 0 Å². The molecule has 18 heavy (non-hydrogen) atoms. The highest BCUT2D eigenvalue weighted by atomic mass is 79.9. The van der Waals surface area contributed by atoms with Crippen LogP contribution in [0.1, 0.15) is 22.7 Å². The minimum atomic E-state index is -0.564. The Bertz CT molecular complexity index is 533. The zero-order chi connectivity index (χ0) is 13.3. The Labute approximate surface area is 113 Å².